The molecule has 0 aromatic heterocycles. The van der Waals surface area contributed by atoms with Gasteiger partial charge in [-0.15, -0.1) is 0 Å². The summed E-state index contributed by atoms with van der Waals surface area (Å²) in [4.78, 5) is 0. The van der Waals surface area contributed by atoms with Crippen molar-refractivity contribution < 1.29 is 9.84 Å². The van der Waals surface area contributed by atoms with Gasteiger partial charge in [-0.3, -0.25) is 11.5 Å². The molecule has 0 amide bonds. The fourth-order valence-corrected chi connectivity index (χ4v) is 2.25. The quantitative estimate of drug-likeness (QED) is 0.319. The first-order valence-electron chi connectivity index (χ1n) is 8.45. The van der Waals surface area contributed by atoms with Gasteiger partial charge in [0.1, 0.15) is 0 Å². The molecule has 0 spiro atoms. The average molecular weight is 288 g/mol. The number of ether oxygens (including phenoxy) is 1. The van der Waals surface area contributed by atoms with Crippen LogP contribution in [0.3, 0.4) is 0 Å². The molecule has 0 aliphatic heterocycles. The van der Waals surface area contributed by atoms with Crippen LogP contribution in [0.4, 0.5) is 0 Å². The van der Waals surface area contributed by atoms with E-state index < -0.39 is 5.85 Å². The van der Waals surface area contributed by atoms with Crippen molar-refractivity contribution in [2.45, 2.75) is 89.8 Å². The van der Waals surface area contributed by atoms with Crippen molar-refractivity contribution in [3.63, 3.8) is 0 Å². The third-order valence-electron chi connectivity index (χ3n) is 3.62. The molecule has 0 aliphatic carbocycles. The number of unbranched alkanes of at least 4 members (excludes halogenated alkanes) is 11. The molecule has 0 unspecified atom stereocenters. The van der Waals surface area contributed by atoms with Gasteiger partial charge in [-0.05, 0) is 6.42 Å². The van der Waals surface area contributed by atoms with E-state index in [2.05, 4.69) is 6.92 Å². The molecule has 0 atom stereocenters. The molecule has 0 aromatic rings. The molecule has 4 heteroatoms. The third-order valence-corrected chi connectivity index (χ3v) is 3.62. The Labute approximate surface area is 125 Å². The van der Waals surface area contributed by atoms with Gasteiger partial charge in [-0.25, -0.2) is 0 Å². The van der Waals surface area contributed by atoms with E-state index >= 15 is 0 Å². The Morgan fingerprint density at radius 2 is 1.15 bits per heavy atom. The van der Waals surface area contributed by atoms with Crippen LogP contribution in [0.5, 0.6) is 0 Å². The number of nitrogens with two attached hydrogens (primary N) is 2. The Bertz CT molecular complexity index is 199. The predicted octanol–water partition coefficient (Wildman–Crippen LogP) is 3.27. The first-order chi connectivity index (χ1) is 9.62. The highest BCUT2D eigenvalue weighted by atomic mass is 16.5. The maximum Gasteiger partial charge on any atom is 0.193 e. The fourth-order valence-electron chi connectivity index (χ4n) is 2.25. The van der Waals surface area contributed by atoms with Gasteiger partial charge in [0, 0.05) is 0 Å². The minimum Gasteiger partial charge on any atom is -0.390 e. The second kappa shape index (κ2) is 13.8. The lowest BCUT2D eigenvalue weighted by atomic mass is 10.1. The Balaban J connectivity index is 3.06. The standard InChI is InChI=1S/C16H36N2O2/c1-2-3-4-5-6-7-8-9-10-11-12-13-14-20-16(17,18)15-19/h19H,2-15,17-18H2,1H3. The van der Waals surface area contributed by atoms with Crippen molar-refractivity contribution in [1.82, 2.24) is 0 Å². The van der Waals surface area contributed by atoms with E-state index in [0.29, 0.717) is 6.61 Å². The summed E-state index contributed by atoms with van der Waals surface area (Å²) in [5.74, 6) is -1.36. The molecule has 0 saturated carbocycles. The van der Waals surface area contributed by atoms with Crippen molar-refractivity contribution in [2.75, 3.05) is 13.2 Å². The van der Waals surface area contributed by atoms with Crippen molar-refractivity contribution in [3.8, 4) is 0 Å². The molecule has 0 aliphatic rings. The molecule has 0 rings (SSSR count). The second-order valence-electron chi connectivity index (χ2n) is 5.85. The molecule has 4 nitrogen and oxygen atoms in total. The maximum atomic E-state index is 8.81. The molecular formula is C16H36N2O2. The summed E-state index contributed by atoms with van der Waals surface area (Å²) in [5, 5.41) is 8.81. The fraction of sp³-hybridized carbons (Fsp3) is 1.00. The van der Waals surface area contributed by atoms with E-state index in [1.54, 1.807) is 0 Å². The highest BCUT2D eigenvalue weighted by Crippen LogP contribution is 2.12. The van der Waals surface area contributed by atoms with Gasteiger partial charge in [0.15, 0.2) is 5.85 Å². The molecule has 0 heterocycles. The SMILES string of the molecule is CCCCCCCCCCCCCCOC(N)(N)CO. The largest absolute Gasteiger partial charge is 0.390 e. The Morgan fingerprint density at radius 1 is 0.750 bits per heavy atom. The Kier molecular flexibility index (Phi) is 13.7. The summed E-state index contributed by atoms with van der Waals surface area (Å²) in [5.41, 5.74) is 10.9. The van der Waals surface area contributed by atoms with Gasteiger partial charge in [0.2, 0.25) is 0 Å². The molecule has 0 bridgehead atoms. The maximum absolute atomic E-state index is 8.81. The van der Waals surface area contributed by atoms with Crippen LogP contribution < -0.4 is 11.5 Å². The van der Waals surface area contributed by atoms with Crippen molar-refractivity contribution in [2.24, 2.45) is 11.5 Å². The van der Waals surface area contributed by atoms with Crippen molar-refractivity contribution in [3.05, 3.63) is 0 Å². The van der Waals surface area contributed by atoms with E-state index in [0.717, 1.165) is 12.8 Å². The average Bonchev–Trinajstić information content (AvgIpc) is 2.44. The number of hydrogen-bond donors (Lipinski definition) is 3. The predicted molar refractivity (Wildman–Crippen MR) is 85.2 cm³/mol. The first-order valence-corrected chi connectivity index (χ1v) is 8.45. The van der Waals surface area contributed by atoms with Crippen LogP contribution in [-0.4, -0.2) is 24.2 Å². The zero-order chi connectivity index (χ0) is 15.1. The van der Waals surface area contributed by atoms with E-state index in [-0.39, 0.29) is 6.61 Å². The highest BCUT2D eigenvalue weighted by molar-refractivity contribution is 4.61. The molecule has 0 radical (unpaired) electrons. The van der Waals surface area contributed by atoms with Gasteiger partial charge in [0.05, 0.1) is 13.2 Å². The number of aliphatic hydroxyl groups is 1. The van der Waals surface area contributed by atoms with Gasteiger partial charge >= 0.3 is 0 Å². The van der Waals surface area contributed by atoms with Crippen LogP contribution in [0, 0.1) is 0 Å². The monoisotopic (exact) mass is 288 g/mol. The minimum absolute atomic E-state index is 0.342. The summed E-state index contributed by atoms with van der Waals surface area (Å²) in [6.45, 7) is 2.45. The van der Waals surface area contributed by atoms with Gasteiger partial charge < -0.3 is 9.84 Å². The third kappa shape index (κ3) is 14.3. The molecule has 0 fully saturated rings. The number of rotatable bonds is 15. The second-order valence-corrected chi connectivity index (χ2v) is 5.85. The van der Waals surface area contributed by atoms with E-state index in [9.17, 15) is 0 Å². The molecule has 0 aromatic carbocycles. The Hall–Kier alpha value is -0.160. The van der Waals surface area contributed by atoms with Gasteiger partial charge in [-0.1, -0.05) is 77.6 Å². The smallest absolute Gasteiger partial charge is 0.193 e. The van der Waals surface area contributed by atoms with Crippen LogP contribution in [0.1, 0.15) is 84.0 Å². The normalized spacial score (nSPS) is 12.0. The van der Waals surface area contributed by atoms with E-state index in [1.165, 1.54) is 64.2 Å². The molecule has 5 N–H and O–H groups in total. The molecular weight excluding hydrogens is 252 g/mol. The summed E-state index contributed by atoms with van der Waals surface area (Å²) in [7, 11) is 0. The van der Waals surface area contributed by atoms with Crippen LogP contribution >= 0.6 is 0 Å². The summed E-state index contributed by atoms with van der Waals surface area (Å²) < 4.78 is 5.18. The number of hydrogen-bond acceptors (Lipinski definition) is 4. The molecule has 20 heavy (non-hydrogen) atoms. The molecule has 122 valence electrons. The molecule has 0 saturated heterocycles. The van der Waals surface area contributed by atoms with Crippen LogP contribution in [0.15, 0.2) is 0 Å². The minimum atomic E-state index is -1.36. The lowest BCUT2D eigenvalue weighted by molar-refractivity contribution is -0.0725. The van der Waals surface area contributed by atoms with Crippen LogP contribution in [-0.2, 0) is 4.74 Å². The topological polar surface area (TPSA) is 81.5 Å². The van der Waals surface area contributed by atoms with Crippen molar-refractivity contribution >= 4 is 0 Å². The van der Waals surface area contributed by atoms with Gasteiger partial charge in [0.25, 0.3) is 0 Å². The van der Waals surface area contributed by atoms with E-state index in [1.807, 2.05) is 0 Å². The zero-order valence-electron chi connectivity index (χ0n) is 13.4. The summed E-state index contributed by atoms with van der Waals surface area (Å²) in [6, 6.07) is 0. The lowest BCUT2D eigenvalue weighted by Gasteiger charge is -2.21. The highest BCUT2D eigenvalue weighted by Gasteiger charge is 2.16. The number of aliphatic hydroxyl groups excluding tert-OH is 1. The Morgan fingerprint density at radius 3 is 1.55 bits per heavy atom. The van der Waals surface area contributed by atoms with Gasteiger partial charge in [-0.2, -0.15) is 0 Å². The summed E-state index contributed by atoms with van der Waals surface area (Å²) in [6.07, 6.45) is 15.8. The zero-order valence-corrected chi connectivity index (χ0v) is 13.4. The first kappa shape index (κ1) is 19.8. The summed E-state index contributed by atoms with van der Waals surface area (Å²) >= 11 is 0. The van der Waals surface area contributed by atoms with Crippen LogP contribution in [0.25, 0.3) is 0 Å². The van der Waals surface area contributed by atoms with E-state index in [4.69, 9.17) is 21.3 Å². The van der Waals surface area contributed by atoms with Crippen molar-refractivity contribution in [1.29, 1.82) is 0 Å². The lowest BCUT2D eigenvalue weighted by Crippen LogP contribution is -2.55. The van der Waals surface area contributed by atoms with Crippen LogP contribution in [0.2, 0.25) is 0 Å².